The molecule has 27 heavy (non-hydrogen) atoms. The van der Waals surface area contributed by atoms with Gasteiger partial charge in [-0.05, 0) is 30.7 Å². The first-order chi connectivity index (χ1) is 13.1. The molecule has 138 valence electrons. The van der Waals surface area contributed by atoms with E-state index in [1.54, 1.807) is 12.4 Å². The quantitative estimate of drug-likeness (QED) is 0.518. The molecule has 1 saturated heterocycles. The number of hydrogen-bond donors (Lipinski definition) is 2. The molecule has 0 unspecified atom stereocenters. The number of aromatic amines is 1. The normalized spacial score (nSPS) is 16.8. The van der Waals surface area contributed by atoms with E-state index in [0.29, 0.717) is 10.2 Å². The van der Waals surface area contributed by atoms with Gasteiger partial charge in [0.05, 0.1) is 10.4 Å². The van der Waals surface area contributed by atoms with Crippen LogP contribution < -0.4 is 10.6 Å². The van der Waals surface area contributed by atoms with Gasteiger partial charge >= 0.3 is 0 Å². The fourth-order valence-electron chi connectivity index (χ4n) is 3.23. The summed E-state index contributed by atoms with van der Waals surface area (Å²) in [4.78, 5) is 20.1. The van der Waals surface area contributed by atoms with Gasteiger partial charge in [0.25, 0.3) is 0 Å². The molecule has 1 aliphatic rings. The number of nitrogens with one attached hydrogen (secondary N) is 1. The van der Waals surface area contributed by atoms with Crippen LogP contribution in [0, 0.1) is 12.3 Å². The van der Waals surface area contributed by atoms with Gasteiger partial charge in [0.1, 0.15) is 11.5 Å². The van der Waals surface area contributed by atoms with Gasteiger partial charge in [-0.1, -0.05) is 24.4 Å². The maximum atomic E-state index is 6.62. The second kappa shape index (κ2) is 7.39. The highest BCUT2D eigenvalue weighted by Crippen LogP contribution is 2.37. The summed E-state index contributed by atoms with van der Waals surface area (Å²) in [5.74, 6) is 3.43. The van der Waals surface area contributed by atoms with E-state index in [4.69, 9.17) is 28.7 Å². The smallest absolute Gasteiger partial charge is 0.196 e. The van der Waals surface area contributed by atoms with Gasteiger partial charge in [-0.3, -0.25) is 4.98 Å². The molecule has 0 aliphatic carbocycles. The molecule has 6 nitrogen and oxygen atoms in total. The van der Waals surface area contributed by atoms with Crippen molar-refractivity contribution < 1.29 is 0 Å². The van der Waals surface area contributed by atoms with Crippen LogP contribution in [0.2, 0.25) is 5.02 Å². The Morgan fingerprint density at radius 2 is 2.30 bits per heavy atom. The van der Waals surface area contributed by atoms with Crippen LogP contribution in [-0.2, 0) is 6.42 Å². The van der Waals surface area contributed by atoms with Gasteiger partial charge in [0.15, 0.2) is 5.16 Å². The Morgan fingerprint density at radius 3 is 3.00 bits per heavy atom. The summed E-state index contributed by atoms with van der Waals surface area (Å²) in [6.07, 6.45) is 10.6. The zero-order chi connectivity index (χ0) is 19.0. The number of rotatable bonds is 4. The number of aryl methyl sites for hydroxylation is 1. The van der Waals surface area contributed by atoms with Crippen molar-refractivity contribution in [3.63, 3.8) is 0 Å². The first kappa shape index (κ1) is 18.1. The molecule has 1 fully saturated rings. The van der Waals surface area contributed by atoms with Crippen LogP contribution in [-0.4, -0.2) is 39.1 Å². The van der Waals surface area contributed by atoms with E-state index < -0.39 is 0 Å². The van der Waals surface area contributed by atoms with Gasteiger partial charge in [0.2, 0.25) is 0 Å². The highest BCUT2D eigenvalue weighted by molar-refractivity contribution is 7.99. The summed E-state index contributed by atoms with van der Waals surface area (Å²) in [5, 5.41) is 2.17. The van der Waals surface area contributed by atoms with Crippen molar-refractivity contribution >= 4 is 40.2 Å². The van der Waals surface area contributed by atoms with Gasteiger partial charge in [-0.25, -0.2) is 9.97 Å². The molecule has 0 radical (unpaired) electrons. The zero-order valence-electron chi connectivity index (χ0n) is 14.9. The average Bonchev–Trinajstić information content (AvgIpc) is 3.24. The maximum absolute atomic E-state index is 6.62. The summed E-state index contributed by atoms with van der Waals surface area (Å²) in [7, 11) is 0. The zero-order valence-corrected chi connectivity index (χ0v) is 16.4. The van der Waals surface area contributed by atoms with Crippen molar-refractivity contribution in [3.8, 4) is 12.3 Å². The predicted octanol–water partition coefficient (Wildman–Crippen LogP) is 3.24. The topological polar surface area (TPSA) is 83.7 Å². The number of nitrogens with zero attached hydrogens (tertiary/aromatic N) is 4. The van der Waals surface area contributed by atoms with Crippen molar-refractivity contribution in [1.29, 1.82) is 0 Å². The first-order valence-electron chi connectivity index (χ1n) is 8.77. The molecule has 0 amide bonds. The molecule has 3 aromatic heterocycles. The van der Waals surface area contributed by atoms with Crippen molar-refractivity contribution in [1.82, 2.24) is 19.9 Å². The number of fused-ring (bicyclic) bond motifs is 1. The largest absolute Gasteiger partial charge is 0.354 e. The number of terminal acetylenes is 1. The average molecular weight is 399 g/mol. The standard InChI is InChI=1S/C19H19ClN6S/c1-3-11-7-13(9-22-8-11)27-19-24-17-15(16(20)14(4-2)23-17)18(25-19)26-6-5-12(21)10-26/h1,7-9,12H,4-6,10,21H2,2H3,(H,23,24,25)/t12-/m1/s1. The van der Waals surface area contributed by atoms with E-state index in [-0.39, 0.29) is 6.04 Å². The van der Waals surface area contributed by atoms with Crippen LogP contribution in [0.5, 0.6) is 0 Å². The number of anilines is 1. The van der Waals surface area contributed by atoms with Crippen LogP contribution in [0.1, 0.15) is 24.6 Å². The highest BCUT2D eigenvalue weighted by Gasteiger charge is 2.26. The second-order valence-electron chi connectivity index (χ2n) is 6.47. The van der Waals surface area contributed by atoms with Crippen LogP contribution in [0.15, 0.2) is 28.5 Å². The van der Waals surface area contributed by atoms with Crippen molar-refractivity contribution in [2.24, 2.45) is 5.73 Å². The lowest BCUT2D eigenvalue weighted by Crippen LogP contribution is -2.27. The molecule has 0 aromatic carbocycles. The fraction of sp³-hybridized carbons (Fsp3) is 0.316. The van der Waals surface area contributed by atoms with E-state index in [0.717, 1.165) is 58.9 Å². The van der Waals surface area contributed by atoms with Crippen molar-refractivity contribution in [2.75, 3.05) is 18.0 Å². The summed E-state index contributed by atoms with van der Waals surface area (Å²) in [5.41, 5.74) is 8.54. The van der Waals surface area contributed by atoms with E-state index in [9.17, 15) is 0 Å². The van der Waals surface area contributed by atoms with Crippen LogP contribution in [0.4, 0.5) is 5.82 Å². The molecule has 4 rings (SSSR count). The Hall–Kier alpha value is -2.27. The molecular formula is C19H19ClN6S. The molecule has 1 aliphatic heterocycles. The Bertz CT molecular complexity index is 1040. The second-order valence-corrected chi connectivity index (χ2v) is 7.89. The Labute approximate surface area is 166 Å². The minimum atomic E-state index is 0.144. The molecule has 0 spiro atoms. The molecule has 0 saturated carbocycles. The van der Waals surface area contributed by atoms with E-state index >= 15 is 0 Å². The molecule has 8 heteroatoms. The summed E-state index contributed by atoms with van der Waals surface area (Å²) < 4.78 is 0. The number of hydrogen-bond acceptors (Lipinski definition) is 6. The van der Waals surface area contributed by atoms with Gasteiger partial charge in [-0.2, -0.15) is 0 Å². The number of aromatic nitrogens is 4. The lowest BCUT2D eigenvalue weighted by molar-refractivity contribution is 0.751. The summed E-state index contributed by atoms with van der Waals surface area (Å²) in [6, 6.07) is 2.04. The summed E-state index contributed by atoms with van der Waals surface area (Å²) >= 11 is 8.05. The Balaban J connectivity index is 1.80. The van der Waals surface area contributed by atoms with Crippen LogP contribution in [0.3, 0.4) is 0 Å². The molecular weight excluding hydrogens is 380 g/mol. The minimum absolute atomic E-state index is 0.144. The maximum Gasteiger partial charge on any atom is 0.196 e. The highest BCUT2D eigenvalue weighted by atomic mass is 35.5. The fourth-order valence-corrected chi connectivity index (χ4v) is 4.36. The molecule has 3 aromatic rings. The third-order valence-corrected chi connectivity index (χ3v) is 5.83. The molecule has 4 heterocycles. The third-order valence-electron chi connectivity index (χ3n) is 4.59. The molecule has 3 N–H and O–H groups in total. The molecule has 1 atom stereocenters. The SMILES string of the molecule is C#Cc1cncc(Sc2nc(N3CC[C@@H](N)C3)c3c(Cl)c(CC)[nH]c3n2)c1. The third kappa shape index (κ3) is 3.48. The Morgan fingerprint density at radius 1 is 1.44 bits per heavy atom. The van der Waals surface area contributed by atoms with Gasteiger partial charge < -0.3 is 15.6 Å². The van der Waals surface area contributed by atoms with Crippen LogP contribution >= 0.6 is 23.4 Å². The van der Waals surface area contributed by atoms with Crippen molar-refractivity contribution in [3.05, 3.63) is 34.7 Å². The lowest BCUT2D eigenvalue weighted by atomic mass is 10.3. The lowest BCUT2D eigenvalue weighted by Gasteiger charge is -2.18. The number of H-pyrrole nitrogens is 1. The number of nitrogens with two attached hydrogens (primary N) is 1. The predicted molar refractivity (Wildman–Crippen MR) is 109 cm³/mol. The first-order valence-corrected chi connectivity index (χ1v) is 9.96. The number of halogens is 1. The van der Waals surface area contributed by atoms with E-state index in [1.165, 1.54) is 11.8 Å². The van der Waals surface area contributed by atoms with E-state index in [1.807, 2.05) is 6.07 Å². The van der Waals surface area contributed by atoms with Crippen LogP contribution in [0.25, 0.3) is 11.0 Å². The molecule has 0 bridgehead atoms. The number of pyridine rings is 1. The van der Waals surface area contributed by atoms with Gasteiger partial charge in [-0.15, -0.1) is 6.42 Å². The van der Waals surface area contributed by atoms with Crippen molar-refractivity contribution in [2.45, 2.75) is 35.9 Å². The van der Waals surface area contributed by atoms with Gasteiger partial charge in [0, 0.05) is 47.7 Å². The summed E-state index contributed by atoms with van der Waals surface area (Å²) in [6.45, 7) is 3.67. The Kier molecular flexibility index (Phi) is 4.96. The monoisotopic (exact) mass is 398 g/mol. The van der Waals surface area contributed by atoms with E-state index in [2.05, 4.69) is 32.7 Å². The minimum Gasteiger partial charge on any atom is -0.354 e.